The number of aliphatic imine (C=N–C) groups is 4. The summed E-state index contributed by atoms with van der Waals surface area (Å²) in [6, 6.07) is 17.7. The molecular weight excluding hydrogens is 963 g/mol. The molecule has 20 nitrogen and oxygen atoms in total. The van der Waals surface area contributed by atoms with Crippen molar-refractivity contribution in [2.45, 2.75) is 54.5 Å². The SMILES string of the molecule is Cc1cn(C2CC2)c2cc(N3CCN(C(N)=NC(N)=Nc4ccc(S(=O)(=O)c5ccc(N=C(N)N=C(N)N6CCN(c7cc8c(cc7F)c(=O)c(C(=O)O)cn8C7CC7)CC6)cc5)cc4)CC3)c(F)cc2c1=O. The number of aryl methyl sites for hydroxylation is 1. The van der Waals surface area contributed by atoms with Crippen molar-refractivity contribution in [3.63, 3.8) is 0 Å². The highest BCUT2D eigenvalue weighted by Crippen LogP contribution is 2.40. The van der Waals surface area contributed by atoms with Crippen LogP contribution in [0, 0.1) is 18.6 Å². The second-order valence-corrected chi connectivity index (χ2v) is 20.5. The van der Waals surface area contributed by atoms with Gasteiger partial charge in [0, 0.05) is 93.2 Å². The van der Waals surface area contributed by atoms with Gasteiger partial charge in [0.05, 0.1) is 43.6 Å². The van der Waals surface area contributed by atoms with E-state index in [1.54, 1.807) is 28.5 Å². The summed E-state index contributed by atoms with van der Waals surface area (Å²) in [4.78, 5) is 61.9. The first kappa shape index (κ1) is 48.3. The Bertz CT molecular complexity index is 3570. The van der Waals surface area contributed by atoms with Crippen LogP contribution >= 0.6 is 0 Å². The molecule has 4 heterocycles. The number of aromatic nitrogens is 2. The van der Waals surface area contributed by atoms with Gasteiger partial charge in [-0.1, -0.05) is 0 Å². The number of anilines is 2. The van der Waals surface area contributed by atoms with E-state index in [1.165, 1.54) is 60.8 Å². The van der Waals surface area contributed by atoms with Crippen LogP contribution in [-0.4, -0.2) is 115 Å². The first-order valence-electron chi connectivity index (χ1n) is 23.7. The van der Waals surface area contributed by atoms with E-state index in [-0.39, 0.29) is 56.2 Å². The number of hydrogen-bond donors (Lipinski definition) is 5. The van der Waals surface area contributed by atoms with Crippen molar-refractivity contribution in [1.82, 2.24) is 18.9 Å². The number of pyridine rings is 2. The molecule has 9 N–H and O–H groups in total. The van der Waals surface area contributed by atoms with Gasteiger partial charge in [-0.25, -0.2) is 32.0 Å². The van der Waals surface area contributed by atoms with Gasteiger partial charge in [-0.3, -0.25) is 9.59 Å². The van der Waals surface area contributed by atoms with Crippen LogP contribution < -0.4 is 43.6 Å². The maximum atomic E-state index is 15.5. The second kappa shape index (κ2) is 19.0. The minimum atomic E-state index is -3.96. The van der Waals surface area contributed by atoms with Crippen LogP contribution in [0.3, 0.4) is 0 Å². The number of sulfone groups is 1. The van der Waals surface area contributed by atoms with Gasteiger partial charge in [-0.2, -0.15) is 9.98 Å². The van der Waals surface area contributed by atoms with Gasteiger partial charge in [0.1, 0.15) is 17.2 Å². The van der Waals surface area contributed by atoms with Crippen molar-refractivity contribution in [1.29, 1.82) is 0 Å². The van der Waals surface area contributed by atoms with E-state index in [0.717, 1.165) is 37.3 Å². The molecule has 4 aliphatic rings. The van der Waals surface area contributed by atoms with E-state index in [2.05, 4.69) is 24.5 Å². The fourth-order valence-electron chi connectivity index (χ4n) is 9.38. The van der Waals surface area contributed by atoms with E-state index in [9.17, 15) is 27.9 Å². The third-order valence-corrected chi connectivity index (χ3v) is 15.4. The molecule has 0 amide bonds. The molecule has 0 atom stereocenters. The summed E-state index contributed by atoms with van der Waals surface area (Å²) in [7, 11) is -3.96. The van der Waals surface area contributed by atoms with E-state index < -0.39 is 38.4 Å². The van der Waals surface area contributed by atoms with Crippen LogP contribution in [0.5, 0.6) is 0 Å². The number of benzene rings is 4. The van der Waals surface area contributed by atoms with Crippen LogP contribution in [0.25, 0.3) is 21.8 Å². The fraction of sp³-hybridized carbons (Fsp3) is 0.300. The number of carboxylic acids is 1. The lowest BCUT2D eigenvalue weighted by Crippen LogP contribution is -2.51. The number of carbonyl (C=O) groups is 1. The highest BCUT2D eigenvalue weighted by atomic mass is 32.2. The lowest BCUT2D eigenvalue weighted by atomic mass is 10.1. The summed E-state index contributed by atoms with van der Waals surface area (Å²) in [6.45, 7) is 4.90. The van der Waals surface area contributed by atoms with Crippen LogP contribution in [0.1, 0.15) is 53.7 Å². The normalized spacial score (nSPS) is 17.5. The molecule has 10 rings (SSSR count). The zero-order valence-corrected chi connectivity index (χ0v) is 40.5. The number of halogens is 2. The minimum absolute atomic E-state index is 0.000221. The molecule has 378 valence electrons. The van der Waals surface area contributed by atoms with Crippen LogP contribution in [0.4, 0.5) is 31.5 Å². The van der Waals surface area contributed by atoms with E-state index >= 15 is 8.78 Å². The topological polar surface area (TPSA) is 282 Å². The van der Waals surface area contributed by atoms with Crippen molar-refractivity contribution in [3.05, 3.63) is 128 Å². The molecule has 2 aromatic heterocycles. The Morgan fingerprint density at radius 3 is 1.40 bits per heavy atom. The molecule has 2 saturated carbocycles. The zero-order valence-electron chi connectivity index (χ0n) is 39.7. The predicted molar refractivity (Wildman–Crippen MR) is 276 cm³/mol. The van der Waals surface area contributed by atoms with Gasteiger partial charge in [0.15, 0.2) is 17.3 Å². The van der Waals surface area contributed by atoms with Crippen molar-refractivity contribution >= 4 is 84.2 Å². The molecule has 4 aromatic carbocycles. The molecule has 6 aromatic rings. The van der Waals surface area contributed by atoms with Crippen molar-refractivity contribution in [2.75, 3.05) is 62.2 Å². The van der Waals surface area contributed by atoms with E-state index in [0.29, 0.717) is 91.9 Å². The molecule has 0 radical (unpaired) electrons. The van der Waals surface area contributed by atoms with Gasteiger partial charge in [0.2, 0.25) is 27.2 Å². The molecule has 73 heavy (non-hydrogen) atoms. The Balaban J connectivity index is 0.734. The van der Waals surface area contributed by atoms with Crippen molar-refractivity contribution in [3.8, 4) is 0 Å². The summed E-state index contributed by atoms with van der Waals surface area (Å²) < 4.78 is 62.0. The Kier molecular flexibility index (Phi) is 12.6. The molecule has 0 bridgehead atoms. The lowest BCUT2D eigenvalue weighted by Gasteiger charge is -2.36. The summed E-state index contributed by atoms with van der Waals surface area (Å²) in [5.41, 5.74) is 26.8. The summed E-state index contributed by atoms with van der Waals surface area (Å²) in [6.07, 6.45) is 6.91. The Labute approximate surface area is 416 Å². The lowest BCUT2D eigenvalue weighted by molar-refractivity contribution is 0.0694. The fourth-order valence-corrected chi connectivity index (χ4v) is 10.6. The average Bonchev–Trinajstić information content (AvgIpc) is 4.32. The Morgan fingerprint density at radius 2 is 1.00 bits per heavy atom. The maximum absolute atomic E-state index is 15.5. The molecule has 2 aliphatic heterocycles. The van der Waals surface area contributed by atoms with Crippen molar-refractivity contribution in [2.24, 2.45) is 42.9 Å². The van der Waals surface area contributed by atoms with Gasteiger partial charge in [0.25, 0.3) is 0 Å². The van der Waals surface area contributed by atoms with Gasteiger partial charge in [-0.05, 0) is 105 Å². The summed E-state index contributed by atoms with van der Waals surface area (Å²) in [5, 5.41) is 9.96. The number of nitrogens with two attached hydrogens (primary N) is 4. The number of nitrogens with zero attached hydrogens (tertiary/aromatic N) is 10. The van der Waals surface area contributed by atoms with Crippen molar-refractivity contribution < 1.29 is 27.1 Å². The Hall–Kier alpha value is -8.34. The highest BCUT2D eigenvalue weighted by molar-refractivity contribution is 7.91. The van der Waals surface area contributed by atoms with Gasteiger partial charge in [-0.15, -0.1) is 0 Å². The smallest absolute Gasteiger partial charge is 0.341 e. The van der Waals surface area contributed by atoms with Gasteiger partial charge >= 0.3 is 5.97 Å². The first-order chi connectivity index (χ1) is 34.9. The number of carboxylic acid groups (broad SMARTS) is 1. The number of guanidine groups is 4. The molecular formula is C50H52F2N14O6S. The largest absolute Gasteiger partial charge is 0.477 e. The molecule has 4 fully saturated rings. The van der Waals surface area contributed by atoms with E-state index in [1.807, 2.05) is 20.9 Å². The summed E-state index contributed by atoms with van der Waals surface area (Å²) >= 11 is 0. The maximum Gasteiger partial charge on any atom is 0.341 e. The Morgan fingerprint density at radius 1 is 0.603 bits per heavy atom. The molecule has 2 saturated heterocycles. The third kappa shape index (κ3) is 9.74. The van der Waals surface area contributed by atoms with E-state index in [4.69, 9.17) is 22.9 Å². The first-order valence-corrected chi connectivity index (χ1v) is 25.2. The molecule has 23 heteroatoms. The van der Waals surface area contributed by atoms with Crippen LogP contribution in [0.15, 0.2) is 125 Å². The number of piperazine rings is 2. The highest BCUT2D eigenvalue weighted by Gasteiger charge is 2.30. The average molecular weight is 1020 g/mol. The number of hydrogen-bond acceptors (Lipinski definition) is 9. The summed E-state index contributed by atoms with van der Waals surface area (Å²) in [5.74, 6) is -2.57. The second-order valence-electron chi connectivity index (χ2n) is 18.6. The minimum Gasteiger partial charge on any atom is -0.477 e. The number of rotatable bonds is 9. The third-order valence-electron chi connectivity index (χ3n) is 13.6. The quantitative estimate of drug-likeness (QED) is 0.1000. The van der Waals surface area contributed by atoms with Crippen LogP contribution in [0.2, 0.25) is 0 Å². The molecule has 0 unspecified atom stereocenters. The monoisotopic (exact) mass is 1010 g/mol. The molecule has 2 aliphatic carbocycles. The standard InChI is InChI=1S/C50H52F2N14O6S/c1-28-26-65(31-6-7-31)40-24-42(38(51)22-35(40)44(28)67)61-14-18-63(19-15-61)49(55)59-47(53)57-29-2-10-33(11-3-29)73(71,72)34-12-4-30(5-13-34)58-48(54)60-50(56)64-20-16-62(17-21-64)43-25-41-36(23-39(43)52)45(68)37(46(69)70)27-66(41)32-8-9-32/h2-5,10-13,22-27,31-32H,6-9,14-21H2,1H3,(H,69,70)(H4,53,55,57,59)(H4,54,56,58,60). The number of fused-ring (bicyclic) bond motifs is 2. The van der Waals surface area contributed by atoms with Gasteiger partial charge < -0.3 is 56.8 Å². The van der Waals surface area contributed by atoms with Crippen LogP contribution in [-0.2, 0) is 9.84 Å². The molecule has 0 spiro atoms. The number of aromatic carboxylic acids is 1. The zero-order chi connectivity index (χ0) is 51.5. The predicted octanol–water partition coefficient (Wildman–Crippen LogP) is 4.27.